The van der Waals surface area contributed by atoms with E-state index in [0.29, 0.717) is 19.6 Å². The van der Waals surface area contributed by atoms with Crippen molar-refractivity contribution >= 4 is 17.5 Å². The number of carbonyl (C=O) groups excluding carboxylic acids is 2. The summed E-state index contributed by atoms with van der Waals surface area (Å²) in [4.78, 5) is 29.7. The zero-order valence-corrected chi connectivity index (χ0v) is 18.6. The number of hydrogen-bond donors (Lipinski definition) is 1. The van der Waals surface area contributed by atoms with Crippen molar-refractivity contribution in [2.45, 2.75) is 26.3 Å². The highest BCUT2D eigenvalue weighted by Gasteiger charge is 2.31. The summed E-state index contributed by atoms with van der Waals surface area (Å²) in [5, 5.41) is 2.55. The van der Waals surface area contributed by atoms with Crippen LogP contribution in [0.1, 0.15) is 30.6 Å². The number of amides is 2. The van der Waals surface area contributed by atoms with Crippen molar-refractivity contribution in [1.82, 2.24) is 10.2 Å². The molecule has 0 radical (unpaired) electrons. The Kier molecular flexibility index (Phi) is 7.66. The van der Waals surface area contributed by atoms with E-state index in [1.807, 2.05) is 24.3 Å². The Labute approximate surface area is 187 Å². The molecule has 2 amide bonds. The van der Waals surface area contributed by atoms with Gasteiger partial charge in [0.2, 0.25) is 5.91 Å². The topological polar surface area (TPSA) is 61.9 Å². The van der Waals surface area contributed by atoms with Crippen LogP contribution in [0.4, 0.5) is 14.5 Å². The number of benzene rings is 2. The second-order valence-corrected chi connectivity index (χ2v) is 8.16. The summed E-state index contributed by atoms with van der Waals surface area (Å²) in [5.41, 5.74) is 0.372. The first-order valence-corrected chi connectivity index (χ1v) is 10.7. The molecule has 172 valence electrons. The summed E-state index contributed by atoms with van der Waals surface area (Å²) in [7, 11) is 1.62. The van der Waals surface area contributed by atoms with Gasteiger partial charge >= 0.3 is 0 Å². The SMILES string of the molecule is COc1ccc(N2CCCN(C(=O)C(NC(=O)c3c(F)cccc3F)C(C)C)CC2)cc1. The van der Waals surface area contributed by atoms with E-state index in [9.17, 15) is 18.4 Å². The van der Waals surface area contributed by atoms with Crippen LogP contribution in [-0.2, 0) is 4.79 Å². The Morgan fingerprint density at radius 3 is 2.22 bits per heavy atom. The van der Waals surface area contributed by atoms with Gasteiger partial charge in [-0.15, -0.1) is 0 Å². The van der Waals surface area contributed by atoms with E-state index in [4.69, 9.17) is 4.74 Å². The number of rotatable bonds is 6. The van der Waals surface area contributed by atoms with Crippen molar-refractivity contribution in [2.75, 3.05) is 38.2 Å². The molecule has 1 atom stereocenters. The highest BCUT2D eigenvalue weighted by atomic mass is 19.1. The predicted octanol–water partition coefficient (Wildman–Crippen LogP) is 3.47. The molecular weight excluding hydrogens is 416 g/mol. The summed E-state index contributed by atoms with van der Waals surface area (Å²) in [6.45, 7) is 6.04. The van der Waals surface area contributed by atoms with E-state index >= 15 is 0 Å². The third-order valence-electron chi connectivity index (χ3n) is 5.65. The molecule has 2 aromatic carbocycles. The number of carbonyl (C=O) groups is 2. The van der Waals surface area contributed by atoms with Crippen molar-refractivity contribution < 1.29 is 23.1 Å². The van der Waals surface area contributed by atoms with E-state index in [0.717, 1.165) is 36.5 Å². The molecule has 1 aliphatic rings. The second-order valence-electron chi connectivity index (χ2n) is 8.16. The van der Waals surface area contributed by atoms with Gasteiger partial charge in [0.1, 0.15) is 29.0 Å². The van der Waals surface area contributed by atoms with Crippen LogP contribution < -0.4 is 15.0 Å². The summed E-state index contributed by atoms with van der Waals surface area (Å²) in [6.07, 6.45) is 0.762. The minimum absolute atomic E-state index is 0.248. The van der Waals surface area contributed by atoms with Crippen LogP contribution in [0, 0.1) is 17.6 Å². The predicted molar refractivity (Wildman–Crippen MR) is 119 cm³/mol. The Balaban J connectivity index is 1.69. The fraction of sp³-hybridized carbons (Fsp3) is 0.417. The molecule has 3 rings (SSSR count). The molecule has 1 heterocycles. The van der Waals surface area contributed by atoms with E-state index in [1.165, 1.54) is 6.07 Å². The molecule has 1 fully saturated rings. The first-order chi connectivity index (χ1) is 15.3. The van der Waals surface area contributed by atoms with Crippen molar-refractivity contribution in [3.05, 3.63) is 59.7 Å². The van der Waals surface area contributed by atoms with Gasteiger partial charge in [-0.1, -0.05) is 19.9 Å². The van der Waals surface area contributed by atoms with Gasteiger partial charge in [0.15, 0.2) is 0 Å². The Morgan fingerprint density at radius 2 is 1.62 bits per heavy atom. The van der Waals surface area contributed by atoms with E-state index in [2.05, 4.69) is 10.2 Å². The van der Waals surface area contributed by atoms with Crippen molar-refractivity contribution in [1.29, 1.82) is 0 Å². The number of nitrogens with zero attached hydrogens (tertiary/aromatic N) is 2. The number of anilines is 1. The molecule has 0 bridgehead atoms. The zero-order chi connectivity index (χ0) is 23.3. The lowest BCUT2D eigenvalue weighted by molar-refractivity contribution is -0.134. The molecule has 6 nitrogen and oxygen atoms in total. The molecule has 0 aromatic heterocycles. The van der Waals surface area contributed by atoms with Gasteiger partial charge < -0.3 is 19.9 Å². The Hall–Kier alpha value is -3.16. The van der Waals surface area contributed by atoms with Gasteiger partial charge in [0, 0.05) is 31.9 Å². The van der Waals surface area contributed by atoms with Crippen LogP contribution in [-0.4, -0.2) is 56.0 Å². The maximum atomic E-state index is 14.0. The highest BCUT2D eigenvalue weighted by molar-refractivity contribution is 5.98. The lowest BCUT2D eigenvalue weighted by Crippen LogP contribution is -2.52. The molecular formula is C24H29F2N3O3. The van der Waals surface area contributed by atoms with Crippen LogP contribution in [0.25, 0.3) is 0 Å². The first kappa shape index (κ1) is 23.5. The molecule has 32 heavy (non-hydrogen) atoms. The summed E-state index contributed by atoms with van der Waals surface area (Å²) in [6, 6.07) is 10.1. The van der Waals surface area contributed by atoms with E-state index < -0.39 is 29.1 Å². The third-order valence-corrected chi connectivity index (χ3v) is 5.65. The number of halogens is 2. The summed E-state index contributed by atoms with van der Waals surface area (Å²) < 4.78 is 33.2. The van der Waals surface area contributed by atoms with Gasteiger partial charge in [-0.05, 0) is 48.7 Å². The molecule has 1 unspecified atom stereocenters. The van der Waals surface area contributed by atoms with E-state index in [-0.39, 0.29) is 11.8 Å². The van der Waals surface area contributed by atoms with Crippen LogP contribution in [0.5, 0.6) is 5.75 Å². The number of hydrogen-bond acceptors (Lipinski definition) is 4. The molecule has 0 spiro atoms. The fourth-order valence-corrected chi connectivity index (χ4v) is 3.83. The zero-order valence-electron chi connectivity index (χ0n) is 18.6. The first-order valence-electron chi connectivity index (χ1n) is 10.7. The second kappa shape index (κ2) is 10.4. The molecule has 2 aromatic rings. The normalized spacial score (nSPS) is 15.3. The summed E-state index contributed by atoms with van der Waals surface area (Å²) in [5.74, 6) is -2.56. The number of methoxy groups -OCH3 is 1. The van der Waals surface area contributed by atoms with Crippen molar-refractivity contribution in [3.63, 3.8) is 0 Å². The van der Waals surface area contributed by atoms with E-state index in [1.54, 1.807) is 25.9 Å². The maximum Gasteiger partial charge on any atom is 0.257 e. The maximum absolute atomic E-state index is 14.0. The smallest absolute Gasteiger partial charge is 0.257 e. The van der Waals surface area contributed by atoms with Crippen LogP contribution in [0.15, 0.2) is 42.5 Å². The average molecular weight is 446 g/mol. The quantitative estimate of drug-likeness (QED) is 0.740. The monoisotopic (exact) mass is 445 g/mol. The fourth-order valence-electron chi connectivity index (χ4n) is 3.83. The van der Waals surface area contributed by atoms with Gasteiger partial charge in [-0.25, -0.2) is 8.78 Å². The molecule has 8 heteroatoms. The van der Waals surface area contributed by atoms with Gasteiger partial charge in [-0.2, -0.15) is 0 Å². The lowest BCUT2D eigenvalue weighted by atomic mass is 10.0. The average Bonchev–Trinajstić information content (AvgIpc) is 3.03. The standard InChI is InChI=1S/C24H29F2N3O3/c1-16(2)22(27-23(30)21-19(25)6-4-7-20(21)26)24(31)29-13-5-12-28(14-15-29)17-8-10-18(32-3)11-9-17/h4,6-11,16,22H,5,12-15H2,1-3H3,(H,27,30). The molecule has 0 aliphatic carbocycles. The molecule has 1 saturated heterocycles. The van der Waals surface area contributed by atoms with Gasteiger partial charge in [-0.3, -0.25) is 9.59 Å². The van der Waals surface area contributed by atoms with Crippen molar-refractivity contribution in [2.24, 2.45) is 5.92 Å². The van der Waals surface area contributed by atoms with Crippen LogP contribution >= 0.6 is 0 Å². The third kappa shape index (κ3) is 5.36. The molecule has 0 saturated carbocycles. The van der Waals surface area contributed by atoms with Crippen LogP contribution in [0.3, 0.4) is 0 Å². The lowest BCUT2D eigenvalue weighted by Gasteiger charge is -2.29. The highest BCUT2D eigenvalue weighted by Crippen LogP contribution is 2.21. The number of nitrogens with one attached hydrogen (secondary N) is 1. The summed E-state index contributed by atoms with van der Waals surface area (Å²) >= 11 is 0. The molecule has 1 N–H and O–H groups in total. The molecule has 1 aliphatic heterocycles. The Bertz CT molecular complexity index is 930. The van der Waals surface area contributed by atoms with Gasteiger partial charge in [0.25, 0.3) is 5.91 Å². The Morgan fingerprint density at radius 1 is 0.969 bits per heavy atom. The van der Waals surface area contributed by atoms with Gasteiger partial charge in [0.05, 0.1) is 7.11 Å². The number of ether oxygens (including phenoxy) is 1. The minimum atomic E-state index is -0.956. The largest absolute Gasteiger partial charge is 0.497 e. The van der Waals surface area contributed by atoms with Crippen LogP contribution in [0.2, 0.25) is 0 Å². The minimum Gasteiger partial charge on any atom is -0.497 e. The van der Waals surface area contributed by atoms with Crippen molar-refractivity contribution in [3.8, 4) is 5.75 Å².